The van der Waals surface area contributed by atoms with Gasteiger partial charge in [0, 0.05) is 36.8 Å². The molecule has 1 aromatic rings. The predicted octanol–water partition coefficient (Wildman–Crippen LogP) is 2.85. The monoisotopic (exact) mass is 611 g/mol. The topological polar surface area (TPSA) is 150 Å². The number of hydrogen-bond donors (Lipinski definition) is 2. The molecule has 1 fully saturated rings. The van der Waals surface area contributed by atoms with Crippen molar-refractivity contribution in [2.45, 2.75) is 83.7 Å². The van der Waals surface area contributed by atoms with Crippen LogP contribution in [0.3, 0.4) is 0 Å². The number of thiophene rings is 1. The lowest BCUT2D eigenvalue weighted by atomic mass is 9.97. The van der Waals surface area contributed by atoms with E-state index in [0.29, 0.717) is 10.5 Å². The fourth-order valence-corrected chi connectivity index (χ4v) is 6.44. The Morgan fingerprint density at radius 3 is 2.34 bits per heavy atom. The summed E-state index contributed by atoms with van der Waals surface area (Å²) in [7, 11) is 1.31. The predicted molar refractivity (Wildman–Crippen MR) is 152 cm³/mol. The molecule has 0 radical (unpaired) electrons. The Kier molecular flexibility index (Phi) is 9.81. The van der Waals surface area contributed by atoms with Crippen LogP contribution in [0.15, 0.2) is 22.7 Å². The van der Waals surface area contributed by atoms with Gasteiger partial charge in [-0.15, -0.1) is 23.1 Å². The number of rotatable bonds is 9. The Labute approximate surface area is 247 Å². The molecule has 3 heterocycles. The third-order valence-corrected chi connectivity index (χ3v) is 8.12. The highest BCUT2D eigenvalue weighted by atomic mass is 32.2. The van der Waals surface area contributed by atoms with E-state index in [1.807, 2.05) is 0 Å². The van der Waals surface area contributed by atoms with Crippen LogP contribution in [0.2, 0.25) is 0 Å². The van der Waals surface area contributed by atoms with E-state index in [0.717, 1.165) is 5.56 Å². The lowest BCUT2D eigenvalue weighted by molar-refractivity contribution is -0.194. The number of hydrogen-bond acceptors (Lipinski definition) is 11. The summed E-state index contributed by atoms with van der Waals surface area (Å²) in [6.07, 6.45) is -0.639. The first-order valence-electron chi connectivity index (χ1n) is 12.9. The molecule has 2 atom stereocenters. The molecule has 0 aromatic carbocycles. The summed E-state index contributed by atoms with van der Waals surface area (Å²) in [4.78, 5) is 65.3. The third-order valence-electron chi connectivity index (χ3n) is 5.78. The Morgan fingerprint density at radius 1 is 1.10 bits per heavy atom. The second kappa shape index (κ2) is 12.4. The molecule has 0 aliphatic carbocycles. The maximum Gasteiger partial charge on any atom is 0.407 e. The molecule has 0 bridgehead atoms. The van der Waals surface area contributed by atoms with Crippen molar-refractivity contribution in [3.8, 4) is 0 Å². The number of amides is 3. The standard InChI is InChI=1S/C27H37N3O9S2/c1-15(31)37-13-17-14-41-23-27(36-8,22(34)30(23)20(17)21(33)38-25(2,3)4)29-19(32)11-18-16(9-10-40-18)12-28-24(35)39-26(5,6)7/h9-10,23H,11-14H2,1-8H3,(H,28,35)(H,29,32)/t23-,27-/m0/s1. The highest BCUT2D eigenvalue weighted by Gasteiger charge is 2.66. The van der Waals surface area contributed by atoms with Crippen LogP contribution in [0.4, 0.5) is 4.79 Å². The number of carbonyl (C=O) groups excluding carboxylic acids is 5. The van der Waals surface area contributed by atoms with Gasteiger partial charge in [-0.05, 0) is 58.6 Å². The number of thioether (sulfide) groups is 1. The van der Waals surface area contributed by atoms with Crippen LogP contribution >= 0.6 is 23.1 Å². The quantitative estimate of drug-likeness (QED) is 0.185. The van der Waals surface area contributed by atoms with E-state index in [1.54, 1.807) is 53.0 Å². The van der Waals surface area contributed by atoms with E-state index in [9.17, 15) is 24.0 Å². The van der Waals surface area contributed by atoms with Gasteiger partial charge in [-0.3, -0.25) is 19.3 Å². The summed E-state index contributed by atoms with van der Waals surface area (Å²) >= 11 is 2.60. The van der Waals surface area contributed by atoms with Gasteiger partial charge in [-0.2, -0.15) is 0 Å². The zero-order valence-corrected chi connectivity index (χ0v) is 26.1. The summed E-state index contributed by atoms with van der Waals surface area (Å²) in [6, 6.07) is 1.80. The molecule has 1 saturated heterocycles. The van der Waals surface area contributed by atoms with Gasteiger partial charge in [0.15, 0.2) is 0 Å². The van der Waals surface area contributed by atoms with Gasteiger partial charge in [0.05, 0.1) is 6.42 Å². The maximum absolute atomic E-state index is 13.6. The zero-order chi connectivity index (χ0) is 30.8. The van der Waals surface area contributed by atoms with E-state index in [-0.39, 0.29) is 31.0 Å². The Morgan fingerprint density at radius 2 is 1.76 bits per heavy atom. The molecular formula is C27H37N3O9S2. The zero-order valence-electron chi connectivity index (χ0n) is 24.5. The minimum Gasteiger partial charge on any atom is -0.461 e. The van der Waals surface area contributed by atoms with Gasteiger partial charge in [-0.1, -0.05) is 0 Å². The van der Waals surface area contributed by atoms with Crippen molar-refractivity contribution in [2.75, 3.05) is 19.5 Å². The fraction of sp³-hybridized carbons (Fsp3) is 0.593. The second-order valence-corrected chi connectivity index (χ2v) is 13.5. The highest BCUT2D eigenvalue weighted by Crippen LogP contribution is 2.47. The van der Waals surface area contributed by atoms with E-state index in [4.69, 9.17) is 18.9 Å². The van der Waals surface area contributed by atoms with Crippen molar-refractivity contribution < 1.29 is 42.9 Å². The van der Waals surface area contributed by atoms with Crippen molar-refractivity contribution in [3.05, 3.63) is 33.2 Å². The second-order valence-electron chi connectivity index (χ2n) is 11.5. The molecule has 226 valence electrons. The van der Waals surface area contributed by atoms with Gasteiger partial charge < -0.3 is 29.6 Å². The Hall–Kier alpha value is -3.10. The van der Waals surface area contributed by atoms with Crippen LogP contribution in [0.5, 0.6) is 0 Å². The van der Waals surface area contributed by atoms with E-state index in [2.05, 4.69) is 10.6 Å². The van der Waals surface area contributed by atoms with E-state index < -0.39 is 52.1 Å². The minimum atomic E-state index is -1.71. The number of nitrogens with one attached hydrogen (secondary N) is 2. The van der Waals surface area contributed by atoms with Gasteiger partial charge in [0.2, 0.25) is 5.91 Å². The molecule has 0 spiro atoms. The van der Waals surface area contributed by atoms with Gasteiger partial charge in [0.1, 0.15) is 28.9 Å². The molecular weight excluding hydrogens is 574 g/mol. The van der Waals surface area contributed by atoms with E-state index in [1.165, 1.54) is 42.0 Å². The molecule has 0 saturated carbocycles. The number of carbonyl (C=O) groups is 5. The molecule has 14 heteroatoms. The summed E-state index contributed by atoms with van der Waals surface area (Å²) in [6.45, 7) is 11.6. The SMILES string of the molecule is CO[C@@]1(NC(=O)Cc2sccc2CNC(=O)OC(C)(C)C)C(=O)N2C(C(=O)OC(C)(C)C)=C(COC(C)=O)CS[C@H]21. The summed E-state index contributed by atoms with van der Waals surface area (Å²) < 4.78 is 21.5. The largest absolute Gasteiger partial charge is 0.461 e. The number of β-lactam (4-membered cyclic amide) rings is 1. The fourth-order valence-electron chi connectivity index (χ4n) is 4.12. The third kappa shape index (κ3) is 7.80. The average Bonchev–Trinajstić information content (AvgIpc) is 3.28. The van der Waals surface area contributed by atoms with Crippen LogP contribution in [-0.2, 0) is 51.1 Å². The van der Waals surface area contributed by atoms with Crippen LogP contribution in [0, 0.1) is 0 Å². The van der Waals surface area contributed by atoms with Crippen molar-refractivity contribution in [1.82, 2.24) is 15.5 Å². The van der Waals surface area contributed by atoms with Crippen molar-refractivity contribution in [1.29, 1.82) is 0 Å². The first kappa shape index (κ1) is 32.4. The first-order chi connectivity index (χ1) is 19.0. The molecule has 2 N–H and O–H groups in total. The molecule has 2 aliphatic heterocycles. The highest BCUT2D eigenvalue weighted by molar-refractivity contribution is 8.00. The van der Waals surface area contributed by atoms with Crippen LogP contribution in [-0.4, -0.2) is 76.5 Å². The number of alkyl carbamates (subject to hydrolysis) is 1. The van der Waals surface area contributed by atoms with Gasteiger partial charge >= 0.3 is 18.0 Å². The van der Waals surface area contributed by atoms with Crippen LogP contribution in [0.25, 0.3) is 0 Å². The Balaban J connectivity index is 1.75. The lowest BCUT2D eigenvalue weighted by Gasteiger charge is -2.56. The van der Waals surface area contributed by atoms with Crippen molar-refractivity contribution >= 4 is 52.9 Å². The summed E-state index contributed by atoms with van der Waals surface area (Å²) in [5.74, 6) is -2.16. The summed E-state index contributed by atoms with van der Waals surface area (Å²) in [5, 5.41) is 6.45. The van der Waals surface area contributed by atoms with Crippen molar-refractivity contribution in [2.24, 2.45) is 0 Å². The van der Waals surface area contributed by atoms with Crippen LogP contribution < -0.4 is 10.6 Å². The first-order valence-corrected chi connectivity index (χ1v) is 14.8. The molecule has 2 aliphatic rings. The molecule has 3 rings (SSSR count). The molecule has 41 heavy (non-hydrogen) atoms. The number of methoxy groups -OCH3 is 1. The smallest absolute Gasteiger partial charge is 0.407 e. The number of esters is 2. The maximum atomic E-state index is 13.6. The number of ether oxygens (including phenoxy) is 4. The van der Waals surface area contributed by atoms with E-state index >= 15 is 0 Å². The van der Waals surface area contributed by atoms with Gasteiger partial charge in [0.25, 0.3) is 11.6 Å². The molecule has 0 unspecified atom stereocenters. The molecule has 3 amide bonds. The summed E-state index contributed by atoms with van der Waals surface area (Å²) in [5.41, 5.74) is -2.06. The molecule has 1 aromatic heterocycles. The molecule has 12 nitrogen and oxygen atoms in total. The minimum absolute atomic E-state index is 0.0226. The normalized spacial score (nSPS) is 20.5. The number of fused-ring (bicyclic) bond motifs is 1. The lowest BCUT2D eigenvalue weighted by Crippen LogP contribution is -2.80. The van der Waals surface area contributed by atoms with Crippen LogP contribution in [0.1, 0.15) is 58.9 Å². The van der Waals surface area contributed by atoms with Gasteiger partial charge in [-0.25, -0.2) is 9.59 Å². The number of nitrogens with zero attached hydrogens (tertiary/aromatic N) is 1. The Bertz CT molecular complexity index is 1250. The average molecular weight is 612 g/mol. The van der Waals surface area contributed by atoms with Crippen molar-refractivity contribution in [3.63, 3.8) is 0 Å².